The topological polar surface area (TPSA) is 43.6 Å². The molecule has 3 aromatic heterocycles. The van der Waals surface area contributed by atoms with Crippen LogP contribution in [0.25, 0.3) is 22.3 Å². The van der Waals surface area contributed by atoms with E-state index >= 15 is 0 Å². The molecule has 0 aliphatic carbocycles. The Morgan fingerprint density at radius 2 is 1.79 bits per heavy atom. The zero-order valence-electron chi connectivity index (χ0n) is 11.6. The number of aromatic nitrogens is 4. The van der Waals surface area contributed by atoms with Crippen molar-refractivity contribution in [2.24, 2.45) is 7.05 Å². The fraction of sp³-hybridized carbons (Fsp3) is 0.267. The summed E-state index contributed by atoms with van der Waals surface area (Å²) < 4.78 is 2.11. The number of aryl methyl sites for hydroxylation is 4. The van der Waals surface area contributed by atoms with Crippen molar-refractivity contribution >= 4 is 11.0 Å². The minimum absolute atomic E-state index is 0.963. The molecule has 0 amide bonds. The van der Waals surface area contributed by atoms with Crippen LogP contribution in [-0.4, -0.2) is 19.5 Å². The van der Waals surface area contributed by atoms with E-state index in [-0.39, 0.29) is 0 Å². The van der Waals surface area contributed by atoms with E-state index in [1.807, 2.05) is 33.2 Å². The molecule has 0 unspecified atom stereocenters. The molecule has 0 fully saturated rings. The fourth-order valence-corrected chi connectivity index (χ4v) is 2.58. The highest BCUT2D eigenvalue weighted by atomic mass is 15.0. The Labute approximate surface area is 112 Å². The third-order valence-electron chi connectivity index (χ3n) is 3.63. The first kappa shape index (κ1) is 11.8. The molecule has 3 heterocycles. The Hall–Kier alpha value is -2.23. The van der Waals surface area contributed by atoms with Crippen LogP contribution >= 0.6 is 0 Å². The van der Waals surface area contributed by atoms with Gasteiger partial charge in [0.2, 0.25) is 0 Å². The highest BCUT2D eigenvalue weighted by molar-refractivity contribution is 5.86. The molecule has 0 aliphatic rings. The van der Waals surface area contributed by atoms with Gasteiger partial charge in [0.1, 0.15) is 12.0 Å². The summed E-state index contributed by atoms with van der Waals surface area (Å²) in [5.41, 5.74) is 6.56. The summed E-state index contributed by atoms with van der Waals surface area (Å²) in [4.78, 5) is 13.0. The predicted octanol–water partition coefficient (Wildman–Crippen LogP) is 2.96. The number of pyridine rings is 1. The number of nitrogens with zero attached hydrogens (tertiary/aromatic N) is 4. The SMILES string of the molecule is Cc1ccnc(C)c1-c1cc2c(C)ncnc2n1C. The molecule has 19 heavy (non-hydrogen) atoms. The third-order valence-corrected chi connectivity index (χ3v) is 3.63. The van der Waals surface area contributed by atoms with E-state index in [0.29, 0.717) is 0 Å². The van der Waals surface area contributed by atoms with Crippen LogP contribution in [0.15, 0.2) is 24.7 Å². The van der Waals surface area contributed by atoms with Crippen molar-refractivity contribution in [2.75, 3.05) is 0 Å². The van der Waals surface area contributed by atoms with E-state index in [1.165, 1.54) is 11.1 Å². The van der Waals surface area contributed by atoms with E-state index in [2.05, 4.69) is 32.5 Å². The molecule has 0 atom stereocenters. The average molecular weight is 252 g/mol. The van der Waals surface area contributed by atoms with Gasteiger partial charge in [-0.05, 0) is 38.5 Å². The number of hydrogen-bond acceptors (Lipinski definition) is 3. The lowest BCUT2D eigenvalue weighted by Crippen LogP contribution is -1.98. The fourth-order valence-electron chi connectivity index (χ4n) is 2.58. The van der Waals surface area contributed by atoms with Crippen molar-refractivity contribution in [1.82, 2.24) is 19.5 Å². The first-order valence-corrected chi connectivity index (χ1v) is 6.29. The van der Waals surface area contributed by atoms with Crippen LogP contribution in [0.3, 0.4) is 0 Å². The minimum atomic E-state index is 0.963. The normalized spacial score (nSPS) is 11.2. The second-order valence-electron chi connectivity index (χ2n) is 4.87. The van der Waals surface area contributed by atoms with Crippen LogP contribution in [0, 0.1) is 20.8 Å². The van der Waals surface area contributed by atoms with Gasteiger partial charge in [-0.1, -0.05) is 0 Å². The molecule has 96 valence electrons. The van der Waals surface area contributed by atoms with Gasteiger partial charge in [0, 0.05) is 29.9 Å². The van der Waals surface area contributed by atoms with Gasteiger partial charge in [-0.2, -0.15) is 0 Å². The third kappa shape index (κ3) is 1.71. The largest absolute Gasteiger partial charge is 0.328 e. The monoisotopic (exact) mass is 252 g/mol. The standard InChI is InChI=1S/C15H16N4/c1-9-5-6-16-11(3)14(9)13-7-12-10(2)17-8-18-15(12)19(13)4/h5-8H,1-4H3. The molecular weight excluding hydrogens is 236 g/mol. The highest BCUT2D eigenvalue weighted by Crippen LogP contribution is 2.30. The molecule has 4 nitrogen and oxygen atoms in total. The summed E-state index contributed by atoms with van der Waals surface area (Å²) in [5, 5.41) is 1.10. The van der Waals surface area contributed by atoms with Gasteiger partial charge >= 0.3 is 0 Å². The van der Waals surface area contributed by atoms with Crippen molar-refractivity contribution < 1.29 is 0 Å². The number of hydrogen-bond donors (Lipinski definition) is 0. The average Bonchev–Trinajstić information content (AvgIpc) is 2.69. The summed E-state index contributed by atoms with van der Waals surface area (Å²) in [6, 6.07) is 4.19. The van der Waals surface area contributed by atoms with Crippen LogP contribution in [0.5, 0.6) is 0 Å². The van der Waals surface area contributed by atoms with Crippen LogP contribution in [-0.2, 0) is 7.05 Å². The van der Waals surface area contributed by atoms with Gasteiger partial charge in [-0.15, -0.1) is 0 Å². The van der Waals surface area contributed by atoms with Gasteiger partial charge in [0.15, 0.2) is 0 Å². The summed E-state index contributed by atoms with van der Waals surface area (Å²) in [6.45, 7) is 6.16. The summed E-state index contributed by atoms with van der Waals surface area (Å²) in [7, 11) is 2.04. The van der Waals surface area contributed by atoms with E-state index in [0.717, 1.165) is 28.1 Å². The first-order chi connectivity index (χ1) is 9.09. The van der Waals surface area contributed by atoms with E-state index < -0.39 is 0 Å². The van der Waals surface area contributed by atoms with E-state index in [1.54, 1.807) is 6.33 Å². The molecule has 4 heteroatoms. The molecular formula is C15H16N4. The van der Waals surface area contributed by atoms with E-state index in [9.17, 15) is 0 Å². The van der Waals surface area contributed by atoms with Crippen molar-refractivity contribution in [3.63, 3.8) is 0 Å². The van der Waals surface area contributed by atoms with Gasteiger partial charge in [0.25, 0.3) is 0 Å². The van der Waals surface area contributed by atoms with Crippen molar-refractivity contribution in [3.8, 4) is 11.3 Å². The second-order valence-corrected chi connectivity index (χ2v) is 4.87. The lowest BCUT2D eigenvalue weighted by Gasteiger charge is -2.09. The zero-order chi connectivity index (χ0) is 13.6. The van der Waals surface area contributed by atoms with E-state index in [4.69, 9.17) is 0 Å². The lowest BCUT2D eigenvalue weighted by molar-refractivity contribution is 0.943. The Kier molecular flexibility index (Phi) is 2.59. The molecule has 0 aliphatic heterocycles. The highest BCUT2D eigenvalue weighted by Gasteiger charge is 2.14. The molecule has 0 bridgehead atoms. The maximum Gasteiger partial charge on any atom is 0.143 e. The first-order valence-electron chi connectivity index (χ1n) is 6.29. The summed E-state index contributed by atoms with van der Waals surface area (Å²) >= 11 is 0. The second kappa shape index (κ2) is 4.16. The Morgan fingerprint density at radius 1 is 1.00 bits per heavy atom. The Bertz CT molecular complexity index is 751. The van der Waals surface area contributed by atoms with Crippen molar-refractivity contribution in [2.45, 2.75) is 20.8 Å². The maximum absolute atomic E-state index is 4.40. The molecule has 0 aromatic carbocycles. The minimum Gasteiger partial charge on any atom is -0.328 e. The summed E-state index contributed by atoms with van der Waals surface area (Å²) in [5.74, 6) is 0. The number of rotatable bonds is 1. The molecule has 0 spiro atoms. The Morgan fingerprint density at radius 3 is 2.47 bits per heavy atom. The molecule has 0 saturated heterocycles. The Balaban J connectivity index is 2.38. The quantitative estimate of drug-likeness (QED) is 0.668. The molecule has 0 radical (unpaired) electrons. The van der Waals surface area contributed by atoms with Crippen molar-refractivity contribution in [1.29, 1.82) is 0 Å². The number of fused-ring (bicyclic) bond motifs is 1. The van der Waals surface area contributed by atoms with Crippen LogP contribution in [0.2, 0.25) is 0 Å². The molecule has 0 saturated carbocycles. The van der Waals surface area contributed by atoms with Crippen LogP contribution in [0.1, 0.15) is 17.0 Å². The maximum atomic E-state index is 4.40. The van der Waals surface area contributed by atoms with Gasteiger partial charge < -0.3 is 4.57 Å². The lowest BCUT2D eigenvalue weighted by atomic mass is 10.0. The summed E-state index contributed by atoms with van der Waals surface area (Å²) in [6.07, 6.45) is 3.46. The van der Waals surface area contributed by atoms with Gasteiger partial charge in [-0.3, -0.25) is 4.98 Å². The van der Waals surface area contributed by atoms with Crippen LogP contribution in [0.4, 0.5) is 0 Å². The van der Waals surface area contributed by atoms with Crippen molar-refractivity contribution in [3.05, 3.63) is 41.6 Å². The van der Waals surface area contributed by atoms with Gasteiger partial charge in [0.05, 0.1) is 11.4 Å². The molecule has 0 N–H and O–H groups in total. The predicted molar refractivity (Wildman–Crippen MR) is 76.0 cm³/mol. The van der Waals surface area contributed by atoms with Gasteiger partial charge in [-0.25, -0.2) is 9.97 Å². The molecule has 3 rings (SSSR count). The van der Waals surface area contributed by atoms with Crippen LogP contribution < -0.4 is 0 Å². The smallest absolute Gasteiger partial charge is 0.143 e. The molecule has 3 aromatic rings. The zero-order valence-corrected chi connectivity index (χ0v) is 11.6.